The maximum absolute atomic E-state index is 12.4. The molecule has 0 spiro atoms. The van der Waals surface area contributed by atoms with E-state index < -0.39 is 6.10 Å². The molecule has 1 atom stereocenters. The number of rotatable bonds is 7. The van der Waals surface area contributed by atoms with Gasteiger partial charge >= 0.3 is 5.63 Å². The first-order valence-corrected chi connectivity index (χ1v) is 10.9. The fourth-order valence-corrected chi connectivity index (χ4v) is 4.24. The molecule has 7 heteroatoms. The molecule has 1 aliphatic heterocycles. The highest BCUT2D eigenvalue weighted by atomic mass is 16.5. The summed E-state index contributed by atoms with van der Waals surface area (Å²) in [6.45, 7) is 6.77. The van der Waals surface area contributed by atoms with Gasteiger partial charge in [-0.1, -0.05) is 0 Å². The second-order valence-electron chi connectivity index (χ2n) is 8.07. The van der Waals surface area contributed by atoms with Crippen LogP contribution in [0.2, 0.25) is 0 Å². The average Bonchev–Trinajstić information content (AvgIpc) is 2.77. The first-order chi connectivity index (χ1) is 14.6. The molecule has 0 bridgehead atoms. The van der Waals surface area contributed by atoms with Gasteiger partial charge in [0.25, 0.3) is 5.91 Å². The lowest BCUT2D eigenvalue weighted by Gasteiger charge is -2.26. The summed E-state index contributed by atoms with van der Waals surface area (Å²) in [5.74, 6) is 0.376. The molecule has 2 aromatic rings. The van der Waals surface area contributed by atoms with E-state index in [0.29, 0.717) is 17.9 Å². The fraction of sp³-hybridized carbons (Fsp3) is 0.565. The number of nitrogens with one attached hydrogen (secondary N) is 1. The number of hydrogen-bond acceptors (Lipinski definition) is 6. The third-order valence-electron chi connectivity index (χ3n) is 5.93. The lowest BCUT2D eigenvalue weighted by atomic mass is 9.91. The van der Waals surface area contributed by atoms with Crippen molar-refractivity contribution in [2.75, 3.05) is 39.4 Å². The van der Waals surface area contributed by atoms with Crippen LogP contribution < -0.4 is 15.7 Å². The Morgan fingerprint density at radius 2 is 1.97 bits per heavy atom. The van der Waals surface area contributed by atoms with Gasteiger partial charge in [0.15, 0.2) is 6.10 Å². The first-order valence-electron chi connectivity index (χ1n) is 10.9. The predicted octanol–water partition coefficient (Wildman–Crippen LogP) is 2.28. The summed E-state index contributed by atoms with van der Waals surface area (Å²) in [6, 6.07) is 5.50. The van der Waals surface area contributed by atoms with Crippen molar-refractivity contribution in [3.05, 3.63) is 39.7 Å². The molecule has 4 rings (SSSR count). The van der Waals surface area contributed by atoms with Crippen molar-refractivity contribution >= 4 is 16.9 Å². The number of amides is 1. The minimum Gasteiger partial charge on any atom is -0.481 e. The van der Waals surface area contributed by atoms with Crippen LogP contribution >= 0.6 is 0 Å². The van der Waals surface area contributed by atoms with E-state index in [4.69, 9.17) is 13.9 Å². The van der Waals surface area contributed by atoms with Gasteiger partial charge in [-0.15, -0.1) is 0 Å². The number of morpholine rings is 1. The van der Waals surface area contributed by atoms with Crippen molar-refractivity contribution in [3.63, 3.8) is 0 Å². The first kappa shape index (κ1) is 20.9. The van der Waals surface area contributed by atoms with Crippen LogP contribution in [0.3, 0.4) is 0 Å². The van der Waals surface area contributed by atoms with E-state index in [-0.39, 0.29) is 11.5 Å². The van der Waals surface area contributed by atoms with Gasteiger partial charge in [-0.25, -0.2) is 4.79 Å². The van der Waals surface area contributed by atoms with Gasteiger partial charge in [-0.3, -0.25) is 9.69 Å². The number of carbonyl (C=O) groups is 1. The van der Waals surface area contributed by atoms with Crippen molar-refractivity contribution < 1.29 is 18.7 Å². The van der Waals surface area contributed by atoms with E-state index >= 15 is 0 Å². The minimum atomic E-state index is -0.629. The molecule has 1 fully saturated rings. The quantitative estimate of drug-likeness (QED) is 0.553. The Balaban J connectivity index is 1.32. The highest BCUT2D eigenvalue weighted by molar-refractivity contribution is 5.83. The molecule has 2 heterocycles. The molecule has 1 unspecified atom stereocenters. The summed E-state index contributed by atoms with van der Waals surface area (Å²) < 4.78 is 16.7. The van der Waals surface area contributed by atoms with Gasteiger partial charge in [0.05, 0.1) is 13.2 Å². The van der Waals surface area contributed by atoms with Crippen LogP contribution in [-0.2, 0) is 22.4 Å². The maximum atomic E-state index is 12.4. The zero-order valence-corrected chi connectivity index (χ0v) is 17.6. The lowest BCUT2D eigenvalue weighted by Crippen LogP contribution is -2.40. The maximum Gasteiger partial charge on any atom is 0.339 e. The predicted molar refractivity (Wildman–Crippen MR) is 114 cm³/mol. The van der Waals surface area contributed by atoms with Crippen LogP contribution in [0, 0.1) is 0 Å². The molecule has 2 aliphatic rings. The molecule has 1 aromatic carbocycles. The fourth-order valence-electron chi connectivity index (χ4n) is 4.24. The number of carbonyl (C=O) groups excluding carboxylic acids is 1. The Hall–Kier alpha value is -2.38. The second-order valence-corrected chi connectivity index (χ2v) is 8.07. The van der Waals surface area contributed by atoms with Crippen molar-refractivity contribution in [2.45, 2.75) is 45.1 Å². The lowest BCUT2D eigenvalue weighted by molar-refractivity contribution is -0.127. The van der Waals surface area contributed by atoms with Crippen LogP contribution in [0.1, 0.15) is 37.3 Å². The van der Waals surface area contributed by atoms with Gasteiger partial charge in [0.1, 0.15) is 11.3 Å². The average molecular weight is 415 g/mol. The van der Waals surface area contributed by atoms with Crippen LogP contribution in [-0.4, -0.2) is 56.3 Å². The van der Waals surface area contributed by atoms with Crippen LogP contribution in [0.5, 0.6) is 5.75 Å². The van der Waals surface area contributed by atoms with Crippen LogP contribution in [0.4, 0.5) is 0 Å². The van der Waals surface area contributed by atoms with Gasteiger partial charge in [0.2, 0.25) is 0 Å². The van der Waals surface area contributed by atoms with Crippen LogP contribution in [0.15, 0.2) is 27.4 Å². The van der Waals surface area contributed by atoms with Gasteiger partial charge in [-0.2, -0.15) is 0 Å². The standard InChI is InChI=1S/C23H30N2O5/c1-16(22(26)24-9-4-10-25-11-13-28-14-12-25)29-17-7-8-19-18-5-2-3-6-20(18)23(27)30-21(19)15-17/h7-8,15-16H,2-6,9-14H2,1H3,(H,24,26). The number of aryl methyl sites for hydroxylation is 1. The van der Waals surface area contributed by atoms with E-state index in [9.17, 15) is 9.59 Å². The molecule has 30 heavy (non-hydrogen) atoms. The molecule has 1 amide bonds. The SMILES string of the molecule is CC(Oc1ccc2c3c(c(=O)oc2c1)CCCC3)C(=O)NCCCN1CCOCC1. The number of nitrogens with zero attached hydrogens (tertiary/aromatic N) is 1. The van der Waals surface area contributed by atoms with Crippen molar-refractivity contribution in [1.29, 1.82) is 0 Å². The van der Waals surface area contributed by atoms with Crippen LogP contribution in [0.25, 0.3) is 11.0 Å². The molecule has 1 aliphatic carbocycles. The molecular formula is C23H30N2O5. The topological polar surface area (TPSA) is 81.0 Å². The Bertz CT molecular complexity index is 948. The molecular weight excluding hydrogens is 384 g/mol. The summed E-state index contributed by atoms with van der Waals surface area (Å²) in [6.07, 6.45) is 4.08. The normalized spacial score (nSPS) is 18.0. The molecule has 1 saturated heterocycles. The number of ether oxygens (including phenoxy) is 2. The highest BCUT2D eigenvalue weighted by Gasteiger charge is 2.19. The van der Waals surface area contributed by atoms with E-state index in [2.05, 4.69) is 10.2 Å². The molecule has 7 nitrogen and oxygen atoms in total. The van der Waals surface area contributed by atoms with Crippen molar-refractivity contribution in [2.24, 2.45) is 0 Å². The van der Waals surface area contributed by atoms with Crippen molar-refractivity contribution in [3.8, 4) is 5.75 Å². The summed E-state index contributed by atoms with van der Waals surface area (Å²) in [7, 11) is 0. The number of fused-ring (bicyclic) bond motifs is 3. The van der Waals surface area contributed by atoms with Crippen molar-refractivity contribution in [1.82, 2.24) is 10.2 Å². The summed E-state index contributed by atoms with van der Waals surface area (Å²) in [5, 5.41) is 3.90. The largest absolute Gasteiger partial charge is 0.481 e. The van der Waals surface area contributed by atoms with Gasteiger partial charge in [-0.05, 0) is 63.3 Å². The van der Waals surface area contributed by atoms with Gasteiger partial charge in [0, 0.05) is 36.7 Å². The Morgan fingerprint density at radius 3 is 2.77 bits per heavy atom. The molecule has 162 valence electrons. The molecule has 0 saturated carbocycles. The molecule has 1 N–H and O–H groups in total. The van der Waals surface area contributed by atoms with E-state index in [1.165, 1.54) is 0 Å². The Kier molecular flexibility index (Phi) is 6.69. The van der Waals surface area contributed by atoms with E-state index in [1.54, 1.807) is 13.0 Å². The highest BCUT2D eigenvalue weighted by Crippen LogP contribution is 2.29. The Morgan fingerprint density at radius 1 is 1.20 bits per heavy atom. The zero-order chi connectivity index (χ0) is 20.9. The Labute approximate surface area is 176 Å². The monoisotopic (exact) mass is 414 g/mol. The zero-order valence-electron chi connectivity index (χ0n) is 17.6. The third-order valence-corrected chi connectivity index (χ3v) is 5.93. The molecule has 0 radical (unpaired) electrons. The van der Waals surface area contributed by atoms with Gasteiger partial charge < -0.3 is 19.2 Å². The minimum absolute atomic E-state index is 0.149. The summed E-state index contributed by atoms with van der Waals surface area (Å²) in [4.78, 5) is 27.0. The summed E-state index contributed by atoms with van der Waals surface area (Å²) in [5.41, 5.74) is 2.19. The second kappa shape index (κ2) is 9.62. The third kappa shape index (κ3) is 4.84. The number of benzene rings is 1. The van der Waals surface area contributed by atoms with E-state index in [1.807, 2.05) is 12.1 Å². The smallest absolute Gasteiger partial charge is 0.339 e. The molecule has 1 aromatic heterocycles. The number of hydrogen-bond donors (Lipinski definition) is 1. The summed E-state index contributed by atoms with van der Waals surface area (Å²) >= 11 is 0. The van der Waals surface area contributed by atoms with E-state index in [0.717, 1.165) is 81.5 Å².